The average Bonchev–Trinajstić information content (AvgIpc) is 1.88. The fourth-order valence-electron chi connectivity index (χ4n) is 0.137. The van der Waals surface area contributed by atoms with Gasteiger partial charge in [-0.3, -0.25) is 0 Å². The van der Waals surface area contributed by atoms with Crippen LogP contribution in [-0.2, 0) is 4.94 Å². The normalized spacial score (nSPS) is 8.67. The van der Waals surface area contributed by atoms with Crippen molar-refractivity contribution in [1.29, 1.82) is 0 Å². The van der Waals surface area contributed by atoms with E-state index in [0.29, 0.717) is 0 Å². The summed E-state index contributed by atoms with van der Waals surface area (Å²) >= 11 is 0. The van der Waals surface area contributed by atoms with Crippen molar-refractivity contribution in [2.75, 3.05) is 21.1 Å². The third kappa shape index (κ3) is 18.1. The molecule has 0 atom stereocenters. The maximum absolute atomic E-state index is 4.66. The van der Waals surface area contributed by atoms with Crippen LogP contribution in [0.3, 0.4) is 0 Å². The van der Waals surface area contributed by atoms with Crippen LogP contribution in [0, 0.1) is 0 Å². The van der Waals surface area contributed by atoms with E-state index in [-0.39, 0.29) is 0 Å². The van der Waals surface area contributed by atoms with Gasteiger partial charge in [-0.1, -0.05) is 13.8 Å². The summed E-state index contributed by atoms with van der Waals surface area (Å²) in [6.07, 6.45) is 0. The summed E-state index contributed by atoms with van der Waals surface area (Å²) in [6.45, 7) is 4.00. The van der Waals surface area contributed by atoms with Crippen molar-refractivity contribution in [3.05, 3.63) is 0 Å². The first-order chi connectivity index (χ1) is 4.27. The van der Waals surface area contributed by atoms with E-state index in [1.165, 1.54) is 5.06 Å². The zero-order valence-electron chi connectivity index (χ0n) is 6.86. The lowest BCUT2D eigenvalue weighted by atomic mass is 11.0. The third-order valence-corrected chi connectivity index (χ3v) is 0.330. The molecule has 58 valence electrons. The highest BCUT2D eigenvalue weighted by atomic mass is 16.8. The molecule has 0 heterocycles. The predicted octanol–water partition coefficient (Wildman–Crippen LogP) is 0.145. The fourth-order valence-corrected chi connectivity index (χ4v) is 0.137. The lowest BCUT2D eigenvalue weighted by molar-refractivity contribution is -0.190. The van der Waals surface area contributed by atoms with Crippen molar-refractivity contribution < 1.29 is 4.94 Å². The summed E-state index contributed by atoms with van der Waals surface area (Å²) < 4.78 is 0. The molecule has 0 aliphatic heterocycles. The molecular weight excluding hydrogens is 118 g/mol. The largest absolute Gasteiger partial charge is 0.236 e. The zero-order valence-corrected chi connectivity index (χ0v) is 6.86. The summed E-state index contributed by atoms with van der Waals surface area (Å²) in [6, 6.07) is 0. The van der Waals surface area contributed by atoms with Crippen molar-refractivity contribution in [2.24, 2.45) is 0 Å². The maximum atomic E-state index is 4.66. The van der Waals surface area contributed by atoms with Gasteiger partial charge in [-0.15, -0.1) is 5.59 Å². The van der Waals surface area contributed by atoms with Crippen LogP contribution < -0.4 is 11.0 Å². The van der Waals surface area contributed by atoms with Gasteiger partial charge < -0.3 is 0 Å². The van der Waals surface area contributed by atoms with Gasteiger partial charge in [0, 0.05) is 21.1 Å². The molecule has 0 aromatic rings. The van der Waals surface area contributed by atoms with Crippen molar-refractivity contribution in [3.63, 3.8) is 0 Å². The van der Waals surface area contributed by atoms with Gasteiger partial charge in [0.2, 0.25) is 0 Å². The molecule has 0 unspecified atom stereocenters. The molecule has 0 aromatic carbocycles. The number of hydrogen-bond acceptors (Lipinski definition) is 4. The Morgan fingerprint density at radius 1 is 1.22 bits per heavy atom. The number of hydroxylamine groups is 2. The van der Waals surface area contributed by atoms with Crippen molar-refractivity contribution in [3.8, 4) is 0 Å². The van der Waals surface area contributed by atoms with Crippen LogP contribution in [0.2, 0.25) is 0 Å². The van der Waals surface area contributed by atoms with Crippen LogP contribution >= 0.6 is 0 Å². The molecule has 0 aliphatic rings. The van der Waals surface area contributed by atoms with Gasteiger partial charge in [-0.2, -0.15) is 10.0 Å². The summed E-state index contributed by atoms with van der Waals surface area (Å²) in [5.74, 6) is 0. The Labute approximate surface area is 57.1 Å². The molecule has 9 heavy (non-hydrogen) atoms. The van der Waals surface area contributed by atoms with E-state index in [4.69, 9.17) is 0 Å². The molecule has 0 fully saturated rings. The highest BCUT2D eigenvalue weighted by molar-refractivity contribution is 4.01. The fraction of sp³-hybridized carbons (Fsp3) is 1.00. The second-order valence-electron chi connectivity index (χ2n) is 1.26. The Morgan fingerprint density at radius 2 is 1.67 bits per heavy atom. The minimum Gasteiger partial charge on any atom is -0.236 e. The molecule has 4 nitrogen and oxygen atoms in total. The molecule has 4 heteroatoms. The Morgan fingerprint density at radius 3 is 1.78 bits per heavy atom. The van der Waals surface area contributed by atoms with Gasteiger partial charge in [0.1, 0.15) is 0 Å². The van der Waals surface area contributed by atoms with Crippen LogP contribution in [0.5, 0.6) is 0 Å². The van der Waals surface area contributed by atoms with E-state index in [0.717, 1.165) is 0 Å². The molecule has 0 aliphatic carbocycles. The highest BCUT2D eigenvalue weighted by Crippen LogP contribution is 1.64. The smallest absolute Gasteiger partial charge is 0.0143 e. The lowest BCUT2D eigenvalue weighted by Gasteiger charge is -2.07. The Bertz CT molecular complexity index is 41.2. The predicted molar refractivity (Wildman–Crippen MR) is 38.3 cm³/mol. The van der Waals surface area contributed by atoms with E-state index in [1.807, 2.05) is 13.8 Å². The Balaban J connectivity index is 0. The van der Waals surface area contributed by atoms with Gasteiger partial charge in [-0.05, 0) is 0 Å². The molecule has 0 spiro atoms. The minimum atomic E-state index is 1.54. The third-order valence-electron chi connectivity index (χ3n) is 0.330. The number of rotatable bonds is 3. The summed E-state index contributed by atoms with van der Waals surface area (Å²) in [4.78, 5) is 4.66. The van der Waals surface area contributed by atoms with Gasteiger partial charge in [0.25, 0.3) is 0 Å². The van der Waals surface area contributed by atoms with Crippen LogP contribution in [-0.4, -0.2) is 26.2 Å². The van der Waals surface area contributed by atoms with Gasteiger partial charge >= 0.3 is 0 Å². The molecule has 0 rings (SSSR count). The number of nitrogens with zero attached hydrogens (tertiary/aromatic N) is 1. The van der Waals surface area contributed by atoms with Gasteiger partial charge in [0.05, 0.1) is 0 Å². The lowest BCUT2D eigenvalue weighted by Crippen LogP contribution is -2.33. The quantitative estimate of drug-likeness (QED) is 0.540. The maximum Gasteiger partial charge on any atom is 0.0143 e. The Hall–Kier alpha value is -0.160. The SMILES string of the molecule is CC.CNNON(C)C. The number of hydrogen-bond donors (Lipinski definition) is 2. The molecular formula is C5H17N3O. The molecule has 0 aromatic heterocycles. The summed E-state index contributed by atoms with van der Waals surface area (Å²) in [5, 5.41) is 1.54. The summed E-state index contributed by atoms with van der Waals surface area (Å²) in [5.41, 5.74) is 5.01. The monoisotopic (exact) mass is 135 g/mol. The van der Waals surface area contributed by atoms with Crippen LogP contribution in [0.25, 0.3) is 0 Å². The number of hydrazine groups is 1. The zero-order chi connectivity index (χ0) is 7.70. The standard InChI is InChI=1S/C3H11N3O.C2H6/c1-4-5-7-6(2)3;1-2/h4-5H,1-3H3;1-2H3. The second kappa shape index (κ2) is 10.8. The van der Waals surface area contributed by atoms with Crippen LogP contribution in [0.1, 0.15) is 13.8 Å². The van der Waals surface area contributed by atoms with Crippen molar-refractivity contribution in [1.82, 2.24) is 16.1 Å². The topological polar surface area (TPSA) is 36.5 Å². The molecule has 0 bridgehead atoms. The van der Waals surface area contributed by atoms with E-state index < -0.39 is 0 Å². The van der Waals surface area contributed by atoms with Gasteiger partial charge in [0.15, 0.2) is 0 Å². The first-order valence-corrected chi connectivity index (χ1v) is 3.03. The summed E-state index contributed by atoms with van der Waals surface area (Å²) in [7, 11) is 5.29. The van der Waals surface area contributed by atoms with Gasteiger partial charge in [-0.25, -0.2) is 5.43 Å². The van der Waals surface area contributed by atoms with Crippen molar-refractivity contribution in [2.45, 2.75) is 13.8 Å². The van der Waals surface area contributed by atoms with E-state index >= 15 is 0 Å². The van der Waals surface area contributed by atoms with Crippen LogP contribution in [0.4, 0.5) is 0 Å². The molecule has 0 amide bonds. The molecule has 0 saturated heterocycles. The second-order valence-corrected chi connectivity index (χ2v) is 1.26. The van der Waals surface area contributed by atoms with Crippen LogP contribution in [0.15, 0.2) is 0 Å². The van der Waals surface area contributed by atoms with Crippen molar-refractivity contribution >= 4 is 0 Å². The first kappa shape index (κ1) is 11.6. The van der Waals surface area contributed by atoms with E-state index in [1.54, 1.807) is 21.1 Å². The number of nitrogens with one attached hydrogen (secondary N) is 2. The molecule has 0 radical (unpaired) electrons. The average molecular weight is 135 g/mol. The first-order valence-electron chi connectivity index (χ1n) is 3.03. The highest BCUT2D eigenvalue weighted by Gasteiger charge is 1.80. The minimum absolute atomic E-state index is 1.54. The molecule has 0 saturated carbocycles. The molecule has 2 N–H and O–H groups in total. The Kier molecular flexibility index (Phi) is 13.9. The van der Waals surface area contributed by atoms with E-state index in [9.17, 15) is 0 Å². The van der Waals surface area contributed by atoms with E-state index in [2.05, 4.69) is 16.0 Å².